The molecule has 1 heterocycles. The van der Waals surface area contributed by atoms with Gasteiger partial charge < -0.3 is 4.90 Å². The predicted molar refractivity (Wildman–Crippen MR) is 98.7 cm³/mol. The maximum Gasteiger partial charge on any atom is 0.271 e. The molecule has 0 aromatic heterocycles. The van der Waals surface area contributed by atoms with Crippen molar-refractivity contribution in [2.45, 2.75) is 13.3 Å². The molecule has 0 spiro atoms. The van der Waals surface area contributed by atoms with E-state index in [0.717, 1.165) is 11.3 Å². The summed E-state index contributed by atoms with van der Waals surface area (Å²) in [6.45, 7) is 2.24. The van der Waals surface area contributed by atoms with Crippen molar-refractivity contribution in [3.63, 3.8) is 0 Å². The quantitative estimate of drug-likeness (QED) is 0.813. The molecule has 1 saturated heterocycles. The number of carbonyl (C=O) groups is 3. The number of nitrogens with one attached hydrogen (secondary N) is 2. The van der Waals surface area contributed by atoms with Gasteiger partial charge in [0.15, 0.2) is 0 Å². The van der Waals surface area contributed by atoms with Gasteiger partial charge in [-0.2, -0.15) is 0 Å². The average Bonchev–Trinajstić information content (AvgIpc) is 3.02. The van der Waals surface area contributed by atoms with Gasteiger partial charge in [-0.25, -0.2) is 0 Å². The molecule has 1 aliphatic rings. The number of hydrazine groups is 1. The molecule has 2 aromatic rings. The topological polar surface area (TPSA) is 78.5 Å². The highest BCUT2D eigenvalue weighted by Crippen LogP contribution is 2.25. The van der Waals surface area contributed by atoms with Crippen LogP contribution in [0.15, 0.2) is 48.5 Å². The Morgan fingerprint density at radius 1 is 1.08 bits per heavy atom. The first-order valence-electron chi connectivity index (χ1n) is 8.17. The number of hydrogen-bond donors (Lipinski definition) is 2. The number of anilines is 1. The van der Waals surface area contributed by atoms with Crippen molar-refractivity contribution in [2.24, 2.45) is 5.92 Å². The van der Waals surface area contributed by atoms with Crippen molar-refractivity contribution in [3.05, 3.63) is 64.7 Å². The number of aryl methyl sites for hydroxylation is 1. The second-order valence-electron chi connectivity index (χ2n) is 6.16. The number of carbonyl (C=O) groups excluding carboxylic acids is 3. The van der Waals surface area contributed by atoms with Crippen molar-refractivity contribution in [3.8, 4) is 0 Å². The number of hydrogen-bond acceptors (Lipinski definition) is 3. The first-order valence-corrected chi connectivity index (χ1v) is 8.55. The first kappa shape index (κ1) is 17.9. The summed E-state index contributed by atoms with van der Waals surface area (Å²) in [5.74, 6) is -1.57. The van der Waals surface area contributed by atoms with Crippen LogP contribution in [0.25, 0.3) is 0 Å². The number of rotatable bonds is 3. The lowest BCUT2D eigenvalue weighted by atomic mass is 10.1. The summed E-state index contributed by atoms with van der Waals surface area (Å²) in [6.07, 6.45) is 0.0989. The van der Waals surface area contributed by atoms with Crippen molar-refractivity contribution < 1.29 is 14.4 Å². The zero-order valence-corrected chi connectivity index (χ0v) is 14.9. The summed E-state index contributed by atoms with van der Waals surface area (Å²) >= 11 is 5.95. The molecule has 1 aliphatic heterocycles. The van der Waals surface area contributed by atoms with Gasteiger partial charge in [-0.05, 0) is 31.2 Å². The Kier molecular flexibility index (Phi) is 5.23. The minimum absolute atomic E-state index is 0.0989. The third kappa shape index (κ3) is 3.86. The Morgan fingerprint density at radius 2 is 1.77 bits per heavy atom. The molecule has 2 N–H and O–H groups in total. The summed E-state index contributed by atoms with van der Waals surface area (Å²) in [7, 11) is 0. The average molecular weight is 372 g/mol. The fourth-order valence-corrected chi connectivity index (χ4v) is 3.01. The van der Waals surface area contributed by atoms with Crippen molar-refractivity contribution >= 4 is 35.0 Å². The number of amides is 3. The van der Waals surface area contributed by atoms with Crippen molar-refractivity contribution in [2.75, 3.05) is 11.4 Å². The lowest BCUT2D eigenvalue weighted by molar-refractivity contribution is -0.126. The second kappa shape index (κ2) is 7.58. The molecule has 0 bridgehead atoms. The van der Waals surface area contributed by atoms with Crippen molar-refractivity contribution in [1.29, 1.82) is 0 Å². The highest BCUT2D eigenvalue weighted by Gasteiger charge is 2.35. The fraction of sp³-hybridized carbons (Fsp3) is 0.211. The fourth-order valence-electron chi connectivity index (χ4n) is 2.79. The Morgan fingerprint density at radius 3 is 2.46 bits per heavy atom. The molecule has 0 saturated carbocycles. The first-order chi connectivity index (χ1) is 12.5. The van der Waals surface area contributed by atoms with E-state index in [1.807, 2.05) is 31.2 Å². The molecule has 3 amide bonds. The zero-order valence-electron chi connectivity index (χ0n) is 14.2. The monoisotopic (exact) mass is 371 g/mol. The molecule has 1 fully saturated rings. The van der Waals surface area contributed by atoms with Gasteiger partial charge in [-0.3, -0.25) is 25.2 Å². The highest BCUT2D eigenvalue weighted by molar-refractivity contribution is 6.33. The van der Waals surface area contributed by atoms with Gasteiger partial charge in [-0.15, -0.1) is 0 Å². The molecule has 134 valence electrons. The molecule has 6 nitrogen and oxygen atoms in total. The Labute approximate surface area is 156 Å². The van der Waals surface area contributed by atoms with E-state index in [1.165, 1.54) is 0 Å². The Hall–Kier alpha value is -2.86. The van der Waals surface area contributed by atoms with Gasteiger partial charge in [0.05, 0.1) is 16.5 Å². The van der Waals surface area contributed by atoms with Gasteiger partial charge in [0.1, 0.15) is 0 Å². The smallest absolute Gasteiger partial charge is 0.271 e. The normalized spacial score (nSPS) is 16.5. The predicted octanol–water partition coefficient (Wildman–Crippen LogP) is 2.46. The molecule has 0 radical (unpaired) electrons. The highest BCUT2D eigenvalue weighted by atomic mass is 35.5. The molecule has 2 aromatic carbocycles. The van der Waals surface area contributed by atoms with Crippen LogP contribution in [0.1, 0.15) is 22.3 Å². The van der Waals surface area contributed by atoms with Crippen LogP contribution in [0, 0.1) is 12.8 Å². The number of nitrogens with zero attached hydrogens (tertiary/aromatic N) is 1. The van der Waals surface area contributed by atoms with E-state index in [4.69, 9.17) is 11.6 Å². The van der Waals surface area contributed by atoms with Gasteiger partial charge in [-0.1, -0.05) is 41.4 Å². The van der Waals surface area contributed by atoms with Crippen LogP contribution in [-0.2, 0) is 9.59 Å². The number of benzene rings is 2. The van der Waals surface area contributed by atoms with Gasteiger partial charge >= 0.3 is 0 Å². The maximum atomic E-state index is 12.3. The van der Waals surface area contributed by atoms with Gasteiger partial charge in [0.25, 0.3) is 5.91 Å². The standard InChI is InChI=1S/C19H18ClN3O3/c1-12-6-8-14(9-7-12)23-11-13(10-17(23)24)18(25)21-22-19(26)15-4-2-3-5-16(15)20/h2-9,13H,10-11H2,1H3,(H,21,25)(H,22,26)/t13-/m0/s1. The van der Waals surface area contributed by atoms with Gasteiger partial charge in [0.2, 0.25) is 11.8 Å². The Bertz CT molecular complexity index is 851. The van der Waals surface area contributed by atoms with E-state index >= 15 is 0 Å². The minimum atomic E-state index is -0.532. The molecule has 26 heavy (non-hydrogen) atoms. The van der Waals surface area contributed by atoms with Crippen LogP contribution in [0.3, 0.4) is 0 Å². The van der Waals surface area contributed by atoms with Crippen LogP contribution in [0.5, 0.6) is 0 Å². The van der Waals surface area contributed by atoms with E-state index in [-0.39, 0.29) is 24.4 Å². The van der Waals surface area contributed by atoms with E-state index in [2.05, 4.69) is 10.9 Å². The van der Waals surface area contributed by atoms with E-state index in [9.17, 15) is 14.4 Å². The molecule has 7 heteroatoms. The summed E-state index contributed by atoms with van der Waals surface area (Å²) < 4.78 is 0. The zero-order chi connectivity index (χ0) is 18.7. The summed E-state index contributed by atoms with van der Waals surface area (Å²) in [5, 5.41) is 0.292. The van der Waals surface area contributed by atoms with Crippen LogP contribution < -0.4 is 15.8 Å². The third-order valence-corrected chi connectivity index (χ3v) is 4.59. The Balaban J connectivity index is 1.59. The van der Waals surface area contributed by atoms with Crippen LogP contribution in [-0.4, -0.2) is 24.3 Å². The molecular formula is C19H18ClN3O3. The van der Waals surface area contributed by atoms with E-state index < -0.39 is 17.7 Å². The SMILES string of the molecule is Cc1ccc(N2C[C@@H](C(=O)NNC(=O)c3ccccc3Cl)CC2=O)cc1. The van der Waals surface area contributed by atoms with Crippen LogP contribution in [0.4, 0.5) is 5.69 Å². The summed E-state index contributed by atoms with van der Waals surface area (Å²) in [5.41, 5.74) is 6.83. The molecule has 0 aliphatic carbocycles. The van der Waals surface area contributed by atoms with E-state index in [0.29, 0.717) is 5.02 Å². The third-order valence-electron chi connectivity index (χ3n) is 4.26. The lowest BCUT2D eigenvalue weighted by Crippen LogP contribution is -2.45. The van der Waals surface area contributed by atoms with Crippen molar-refractivity contribution in [1.82, 2.24) is 10.9 Å². The largest absolute Gasteiger partial charge is 0.312 e. The van der Waals surface area contributed by atoms with Crippen LogP contribution in [0.2, 0.25) is 5.02 Å². The molecule has 1 atom stereocenters. The summed E-state index contributed by atoms with van der Waals surface area (Å²) in [4.78, 5) is 38.2. The van der Waals surface area contributed by atoms with Gasteiger partial charge in [0, 0.05) is 18.7 Å². The van der Waals surface area contributed by atoms with E-state index in [1.54, 1.807) is 29.2 Å². The summed E-state index contributed by atoms with van der Waals surface area (Å²) in [6, 6.07) is 14.1. The number of halogens is 1. The maximum absolute atomic E-state index is 12.3. The second-order valence-corrected chi connectivity index (χ2v) is 6.57. The molecular weight excluding hydrogens is 354 g/mol. The van der Waals surface area contributed by atoms with Crippen LogP contribution >= 0.6 is 11.6 Å². The lowest BCUT2D eigenvalue weighted by Gasteiger charge is -2.17. The minimum Gasteiger partial charge on any atom is -0.312 e. The molecule has 3 rings (SSSR count). The molecule has 0 unspecified atom stereocenters.